The van der Waals surface area contributed by atoms with Gasteiger partial charge in [-0.05, 0) is 49.6 Å². The first-order valence-corrected chi connectivity index (χ1v) is 13.1. The fourth-order valence-corrected chi connectivity index (χ4v) is 4.57. The first kappa shape index (κ1) is 27.0. The van der Waals surface area contributed by atoms with Crippen LogP contribution >= 0.6 is 23.2 Å². The number of sulfonamides is 1. The molecule has 0 aromatic heterocycles. The normalized spacial score (nSPS) is 12.2. The second-order valence-electron chi connectivity index (χ2n) is 7.63. The van der Waals surface area contributed by atoms with Gasteiger partial charge in [-0.25, -0.2) is 8.42 Å². The topological polar surface area (TPSA) is 86.8 Å². The second kappa shape index (κ2) is 11.7. The number of aryl methyl sites for hydroxylation is 1. The van der Waals surface area contributed by atoms with Crippen LogP contribution in [0.15, 0.2) is 42.5 Å². The van der Waals surface area contributed by atoms with Crippen LogP contribution in [0.25, 0.3) is 0 Å². The molecule has 0 aliphatic carbocycles. The monoisotopic (exact) mass is 513 g/mol. The largest absolute Gasteiger partial charge is 0.355 e. The standard InChI is InChI=1S/C23H29Cl2N3O4S/c1-5-21(23(30)26-6-2)27(14-17-10-8-7-9-16(17)3)22(29)15-28(33(4,31)32)18-11-12-19(24)20(25)13-18/h7-13,21H,5-6,14-15H2,1-4H3,(H,26,30)/t21-/m1/s1. The van der Waals surface area contributed by atoms with Crippen molar-refractivity contribution in [3.8, 4) is 0 Å². The van der Waals surface area contributed by atoms with Crippen molar-refractivity contribution in [2.24, 2.45) is 0 Å². The number of likely N-dealkylation sites (N-methyl/N-ethyl adjacent to an activating group) is 1. The van der Waals surface area contributed by atoms with E-state index in [1.807, 2.05) is 38.1 Å². The molecule has 180 valence electrons. The lowest BCUT2D eigenvalue weighted by Crippen LogP contribution is -2.52. The molecule has 0 radical (unpaired) electrons. The molecule has 1 atom stereocenters. The number of rotatable bonds is 10. The van der Waals surface area contributed by atoms with Crippen molar-refractivity contribution in [3.05, 3.63) is 63.6 Å². The lowest BCUT2D eigenvalue weighted by atomic mass is 10.1. The van der Waals surface area contributed by atoms with E-state index in [9.17, 15) is 18.0 Å². The van der Waals surface area contributed by atoms with Crippen LogP contribution in [0, 0.1) is 6.92 Å². The summed E-state index contributed by atoms with van der Waals surface area (Å²) in [6.45, 7) is 5.63. The van der Waals surface area contributed by atoms with E-state index < -0.39 is 28.5 Å². The third-order valence-corrected chi connectivity index (χ3v) is 7.09. The third kappa shape index (κ3) is 7.09. The molecule has 2 aromatic carbocycles. The second-order valence-corrected chi connectivity index (χ2v) is 10.4. The molecule has 1 N–H and O–H groups in total. The van der Waals surface area contributed by atoms with E-state index in [1.165, 1.54) is 23.1 Å². The predicted molar refractivity (Wildman–Crippen MR) is 133 cm³/mol. The molecule has 33 heavy (non-hydrogen) atoms. The van der Waals surface area contributed by atoms with Crippen LogP contribution < -0.4 is 9.62 Å². The number of benzene rings is 2. The molecule has 2 rings (SSSR count). The summed E-state index contributed by atoms with van der Waals surface area (Å²) in [5.41, 5.74) is 2.04. The zero-order valence-electron chi connectivity index (χ0n) is 19.1. The summed E-state index contributed by atoms with van der Waals surface area (Å²) in [7, 11) is -3.84. The molecular weight excluding hydrogens is 485 g/mol. The first-order valence-electron chi connectivity index (χ1n) is 10.5. The van der Waals surface area contributed by atoms with Gasteiger partial charge in [-0.3, -0.25) is 13.9 Å². The maximum Gasteiger partial charge on any atom is 0.244 e. The van der Waals surface area contributed by atoms with Crippen molar-refractivity contribution >= 4 is 50.7 Å². The summed E-state index contributed by atoms with van der Waals surface area (Å²) in [4.78, 5) is 27.7. The van der Waals surface area contributed by atoms with E-state index in [0.29, 0.717) is 13.0 Å². The summed E-state index contributed by atoms with van der Waals surface area (Å²) in [6, 6.07) is 11.1. The number of hydrogen-bond donors (Lipinski definition) is 1. The Bertz CT molecular complexity index is 1110. The lowest BCUT2D eigenvalue weighted by molar-refractivity contribution is -0.140. The maximum absolute atomic E-state index is 13.5. The SMILES string of the molecule is CCNC(=O)[C@@H](CC)N(Cc1ccccc1C)C(=O)CN(c1ccc(Cl)c(Cl)c1)S(C)(=O)=O. The maximum atomic E-state index is 13.5. The van der Waals surface area contributed by atoms with Crippen molar-refractivity contribution < 1.29 is 18.0 Å². The Morgan fingerprint density at radius 2 is 1.73 bits per heavy atom. The van der Waals surface area contributed by atoms with E-state index in [0.717, 1.165) is 21.7 Å². The van der Waals surface area contributed by atoms with Gasteiger partial charge in [-0.2, -0.15) is 0 Å². The molecule has 0 aliphatic rings. The number of carbonyl (C=O) groups excluding carboxylic acids is 2. The number of anilines is 1. The third-order valence-electron chi connectivity index (χ3n) is 5.21. The van der Waals surface area contributed by atoms with Gasteiger partial charge in [-0.1, -0.05) is 54.4 Å². The summed E-state index contributed by atoms with van der Waals surface area (Å²) in [5, 5.41) is 3.20. The van der Waals surface area contributed by atoms with Gasteiger partial charge in [-0.15, -0.1) is 0 Å². The van der Waals surface area contributed by atoms with Gasteiger partial charge < -0.3 is 10.2 Å². The van der Waals surface area contributed by atoms with Crippen LogP contribution in [0.3, 0.4) is 0 Å². The summed E-state index contributed by atoms with van der Waals surface area (Å²) >= 11 is 12.0. The number of amides is 2. The van der Waals surface area contributed by atoms with Crippen LogP contribution in [0.1, 0.15) is 31.4 Å². The zero-order chi connectivity index (χ0) is 24.8. The molecule has 0 saturated heterocycles. The van der Waals surface area contributed by atoms with Gasteiger partial charge in [0, 0.05) is 13.1 Å². The van der Waals surface area contributed by atoms with E-state index in [1.54, 1.807) is 6.92 Å². The molecule has 2 aromatic rings. The van der Waals surface area contributed by atoms with E-state index in [-0.39, 0.29) is 28.2 Å². The molecule has 0 aliphatic heterocycles. The fraction of sp³-hybridized carbons (Fsp3) is 0.391. The Balaban J connectivity index is 2.47. The van der Waals surface area contributed by atoms with Crippen LogP contribution in [-0.2, 0) is 26.2 Å². The van der Waals surface area contributed by atoms with Gasteiger partial charge in [0.25, 0.3) is 0 Å². The van der Waals surface area contributed by atoms with Crippen molar-refractivity contribution in [1.82, 2.24) is 10.2 Å². The van der Waals surface area contributed by atoms with E-state index in [2.05, 4.69) is 5.32 Å². The highest BCUT2D eigenvalue weighted by Gasteiger charge is 2.31. The minimum Gasteiger partial charge on any atom is -0.355 e. The molecule has 10 heteroatoms. The fourth-order valence-electron chi connectivity index (χ4n) is 3.44. The molecule has 7 nitrogen and oxygen atoms in total. The average Bonchev–Trinajstić information content (AvgIpc) is 2.74. The average molecular weight is 514 g/mol. The number of nitrogens with zero attached hydrogens (tertiary/aromatic N) is 2. The molecule has 0 bridgehead atoms. The highest BCUT2D eigenvalue weighted by atomic mass is 35.5. The van der Waals surface area contributed by atoms with Crippen molar-refractivity contribution in [2.45, 2.75) is 39.8 Å². The van der Waals surface area contributed by atoms with Gasteiger partial charge in [0.05, 0.1) is 22.0 Å². The van der Waals surface area contributed by atoms with Crippen molar-refractivity contribution in [2.75, 3.05) is 23.7 Å². The van der Waals surface area contributed by atoms with Crippen LogP contribution in [0.5, 0.6) is 0 Å². The quantitative estimate of drug-likeness (QED) is 0.519. The summed E-state index contributed by atoms with van der Waals surface area (Å²) < 4.78 is 26.1. The van der Waals surface area contributed by atoms with E-state index >= 15 is 0 Å². The van der Waals surface area contributed by atoms with Crippen LogP contribution in [0.4, 0.5) is 5.69 Å². The zero-order valence-corrected chi connectivity index (χ0v) is 21.5. The van der Waals surface area contributed by atoms with E-state index in [4.69, 9.17) is 23.2 Å². The van der Waals surface area contributed by atoms with Crippen LogP contribution in [0.2, 0.25) is 10.0 Å². The Hall–Kier alpha value is -2.29. The molecular formula is C23H29Cl2N3O4S. The van der Waals surface area contributed by atoms with Crippen molar-refractivity contribution in [3.63, 3.8) is 0 Å². The highest BCUT2D eigenvalue weighted by Crippen LogP contribution is 2.28. The predicted octanol–water partition coefficient (Wildman–Crippen LogP) is 4.01. The highest BCUT2D eigenvalue weighted by molar-refractivity contribution is 7.92. The molecule has 0 saturated carbocycles. The molecule has 0 heterocycles. The van der Waals surface area contributed by atoms with Gasteiger partial charge in [0.2, 0.25) is 21.8 Å². The molecule has 0 spiro atoms. The number of hydrogen-bond acceptors (Lipinski definition) is 4. The number of nitrogens with one attached hydrogen (secondary N) is 1. The Morgan fingerprint density at radius 1 is 1.06 bits per heavy atom. The van der Waals surface area contributed by atoms with Crippen molar-refractivity contribution in [1.29, 1.82) is 0 Å². The Labute approximate surface area is 205 Å². The Kier molecular flexibility index (Phi) is 9.57. The number of halogens is 2. The van der Waals surface area contributed by atoms with Gasteiger partial charge >= 0.3 is 0 Å². The van der Waals surface area contributed by atoms with Crippen LogP contribution in [-0.4, -0.2) is 50.5 Å². The summed E-state index contributed by atoms with van der Waals surface area (Å²) in [5.74, 6) is -0.796. The summed E-state index contributed by atoms with van der Waals surface area (Å²) in [6.07, 6.45) is 1.38. The van der Waals surface area contributed by atoms with Gasteiger partial charge in [0.1, 0.15) is 12.6 Å². The minimum absolute atomic E-state index is 0.167. The lowest BCUT2D eigenvalue weighted by Gasteiger charge is -2.33. The Morgan fingerprint density at radius 3 is 2.27 bits per heavy atom. The molecule has 0 unspecified atom stereocenters. The molecule has 0 fully saturated rings. The smallest absolute Gasteiger partial charge is 0.244 e. The number of carbonyl (C=O) groups is 2. The first-order chi connectivity index (χ1) is 15.5. The molecule has 2 amide bonds. The van der Waals surface area contributed by atoms with Gasteiger partial charge in [0.15, 0.2) is 0 Å². The minimum atomic E-state index is -3.84.